The number of hydrogen-bond donors (Lipinski definition) is 2. The topological polar surface area (TPSA) is 84.2 Å². The Kier molecular flexibility index (Phi) is 4.18. The number of nitrogens with one attached hydrogen (secondary N) is 1. The molecule has 3 rings (SSSR count). The minimum Gasteiger partial charge on any atom is -0.481 e. The first kappa shape index (κ1) is 17.0. The molecule has 1 heterocycles. The zero-order valence-corrected chi connectivity index (χ0v) is 14.8. The van der Waals surface area contributed by atoms with Crippen molar-refractivity contribution in [1.82, 2.24) is 15.1 Å². The third-order valence-corrected chi connectivity index (χ3v) is 5.03. The molecular formula is C18H27N3O3. The number of rotatable bonds is 5. The van der Waals surface area contributed by atoms with E-state index in [9.17, 15) is 14.7 Å². The third-order valence-electron chi connectivity index (χ3n) is 5.03. The fourth-order valence-corrected chi connectivity index (χ4v) is 3.71. The van der Waals surface area contributed by atoms with Crippen molar-refractivity contribution < 1.29 is 14.7 Å². The average Bonchev–Trinajstić information content (AvgIpc) is 3.03. The van der Waals surface area contributed by atoms with Crippen molar-refractivity contribution in [1.29, 1.82) is 0 Å². The van der Waals surface area contributed by atoms with Crippen LogP contribution in [-0.4, -0.2) is 32.3 Å². The summed E-state index contributed by atoms with van der Waals surface area (Å²) in [6.07, 6.45) is 5.63. The van der Waals surface area contributed by atoms with E-state index >= 15 is 0 Å². The van der Waals surface area contributed by atoms with Gasteiger partial charge in [0.05, 0.1) is 17.5 Å². The van der Waals surface area contributed by atoms with Gasteiger partial charge >= 0.3 is 5.97 Å². The Hall–Kier alpha value is -1.85. The number of amides is 1. The minimum absolute atomic E-state index is 0.0196. The first-order valence-electron chi connectivity index (χ1n) is 8.85. The van der Waals surface area contributed by atoms with Crippen molar-refractivity contribution in [2.45, 2.75) is 82.7 Å². The highest BCUT2D eigenvalue weighted by Gasteiger charge is 2.39. The van der Waals surface area contributed by atoms with Gasteiger partial charge in [-0.25, -0.2) is 0 Å². The van der Waals surface area contributed by atoms with E-state index in [4.69, 9.17) is 0 Å². The first-order valence-corrected chi connectivity index (χ1v) is 8.85. The standard InChI is InChI=1S/C18H27N3O3/c1-17(2,3)21-14(12-6-7-12)10-13(20-21)16(24)19-18(11-15(22)23)8-4-5-9-18/h10,12H,4-9,11H2,1-3H3,(H,19,24)(H,22,23). The molecule has 0 saturated heterocycles. The van der Waals surface area contributed by atoms with Crippen LogP contribution in [-0.2, 0) is 10.3 Å². The average molecular weight is 333 g/mol. The van der Waals surface area contributed by atoms with Crippen LogP contribution in [0.2, 0.25) is 0 Å². The molecule has 0 bridgehead atoms. The van der Waals surface area contributed by atoms with Crippen LogP contribution >= 0.6 is 0 Å². The van der Waals surface area contributed by atoms with Gasteiger partial charge in [-0.1, -0.05) is 12.8 Å². The van der Waals surface area contributed by atoms with Crippen molar-refractivity contribution in [3.05, 3.63) is 17.5 Å². The lowest BCUT2D eigenvalue weighted by atomic mass is 9.93. The molecule has 1 aromatic rings. The summed E-state index contributed by atoms with van der Waals surface area (Å²) < 4.78 is 1.96. The lowest BCUT2D eigenvalue weighted by Gasteiger charge is -2.28. The van der Waals surface area contributed by atoms with Crippen molar-refractivity contribution in [2.75, 3.05) is 0 Å². The van der Waals surface area contributed by atoms with Gasteiger partial charge in [-0.2, -0.15) is 5.10 Å². The van der Waals surface area contributed by atoms with E-state index in [2.05, 4.69) is 31.2 Å². The summed E-state index contributed by atoms with van der Waals surface area (Å²) in [6, 6.07) is 1.89. The summed E-state index contributed by atoms with van der Waals surface area (Å²) in [5.41, 5.74) is 0.728. The molecule has 0 aliphatic heterocycles. The van der Waals surface area contributed by atoms with Crippen molar-refractivity contribution in [2.24, 2.45) is 0 Å². The van der Waals surface area contributed by atoms with Gasteiger partial charge in [0.15, 0.2) is 0 Å². The Morgan fingerprint density at radius 2 is 1.96 bits per heavy atom. The quantitative estimate of drug-likeness (QED) is 0.867. The Morgan fingerprint density at radius 1 is 1.33 bits per heavy atom. The van der Waals surface area contributed by atoms with Crippen LogP contribution in [0.5, 0.6) is 0 Å². The fraction of sp³-hybridized carbons (Fsp3) is 0.722. The molecule has 0 atom stereocenters. The Bertz CT molecular complexity index is 647. The number of hydrogen-bond acceptors (Lipinski definition) is 3. The van der Waals surface area contributed by atoms with Crippen LogP contribution in [0, 0.1) is 0 Å². The van der Waals surface area contributed by atoms with E-state index < -0.39 is 11.5 Å². The number of carbonyl (C=O) groups excluding carboxylic acids is 1. The molecule has 0 unspecified atom stereocenters. The van der Waals surface area contributed by atoms with Gasteiger partial charge in [0.25, 0.3) is 5.91 Å². The fourth-order valence-electron chi connectivity index (χ4n) is 3.71. The van der Waals surface area contributed by atoms with Gasteiger partial charge in [0.1, 0.15) is 5.69 Å². The molecule has 2 saturated carbocycles. The predicted octanol–water partition coefficient (Wildman–Crippen LogP) is 3.03. The molecule has 0 radical (unpaired) electrons. The van der Waals surface area contributed by atoms with E-state index in [0.717, 1.165) is 44.2 Å². The Labute approximate surface area is 142 Å². The summed E-state index contributed by atoms with van der Waals surface area (Å²) in [7, 11) is 0. The summed E-state index contributed by atoms with van der Waals surface area (Å²) in [4.78, 5) is 23.9. The lowest BCUT2D eigenvalue weighted by Crippen LogP contribution is -2.48. The number of aliphatic carboxylic acids is 1. The molecule has 1 aromatic heterocycles. The summed E-state index contributed by atoms with van der Waals surface area (Å²) in [5, 5.41) is 16.7. The van der Waals surface area contributed by atoms with Crippen LogP contribution in [0.1, 0.15) is 87.8 Å². The van der Waals surface area contributed by atoms with E-state index in [1.807, 2.05) is 10.7 Å². The van der Waals surface area contributed by atoms with Gasteiger partial charge in [0, 0.05) is 11.6 Å². The Morgan fingerprint density at radius 3 is 2.46 bits per heavy atom. The smallest absolute Gasteiger partial charge is 0.305 e. The SMILES string of the molecule is CC(C)(C)n1nc(C(=O)NC2(CC(=O)O)CCCC2)cc1C1CC1. The number of nitrogens with zero attached hydrogens (tertiary/aromatic N) is 2. The third kappa shape index (κ3) is 3.47. The van der Waals surface area contributed by atoms with E-state index in [1.165, 1.54) is 0 Å². The summed E-state index contributed by atoms with van der Waals surface area (Å²) in [5.74, 6) is -0.614. The van der Waals surface area contributed by atoms with Crippen LogP contribution in [0.15, 0.2) is 6.07 Å². The van der Waals surface area contributed by atoms with Gasteiger partial charge in [-0.15, -0.1) is 0 Å². The molecule has 0 spiro atoms. The number of aromatic nitrogens is 2. The monoisotopic (exact) mass is 333 g/mol. The maximum atomic E-state index is 12.7. The molecule has 1 amide bonds. The van der Waals surface area contributed by atoms with E-state index in [1.54, 1.807) is 0 Å². The molecule has 2 aliphatic rings. The summed E-state index contributed by atoms with van der Waals surface area (Å²) in [6.45, 7) is 6.24. The molecule has 24 heavy (non-hydrogen) atoms. The summed E-state index contributed by atoms with van der Waals surface area (Å²) >= 11 is 0. The van der Waals surface area contributed by atoms with Crippen LogP contribution in [0.4, 0.5) is 0 Å². The molecule has 6 heteroatoms. The first-order chi connectivity index (χ1) is 11.2. The zero-order valence-electron chi connectivity index (χ0n) is 14.8. The van der Waals surface area contributed by atoms with Gasteiger partial charge < -0.3 is 10.4 Å². The lowest BCUT2D eigenvalue weighted by molar-refractivity contribution is -0.138. The normalized spacial score (nSPS) is 20.1. The molecule has 132 valence electrons. The molecule has 0 aromatic carbocycles. The second-order valence-corrected chi connectivity index (χ2v) is 8.32. The van der Waals surface area contributed by atoms with Gasteiger partial charge in [-0.3, -0.25) is 14.3 Å². The molecule has 2 N–H and O–H groups in total. The number of carboxylic acids is 1. The van der Waals surface area contributed by atoms with Crippen molar-refractivity contribution >= 4 is 11.9 Å². The molecule has 2 fully saturated rings. The highest BCUT2D eigenvalue weighted by atomic mass is 16.4. The van der Waals surface area contributed by atoms with Crippen LogP contribution in [0.3, 0.4) is 0 Å². The maximum Gasteiger partial charge on any atom is 0.305 e. The highest BCUT2D eigenvalue weighted by molar-refractivity contribution is 5.93. The maximum absolute atomic E-state index is 12.7. The largest absolute Gasteiger partial charge is 0.481 e. The molecule has 6 nitrogen and oxygen atoms in total. The number of carboxylic acid groups (broad SMARTS) is 1. The highest BCUT2D eigenvalue weighted by Crippen LogP contribution is 2.42. The molecular weight excluding hydrogens is 306 g/mol. The zero-order chi connectivity index (χ0) is 17.5. The number of carbonyl (C=O) groups is 2. The van der Waals surface area contributed by atoms with Crippen LogP contribution in [0.25, 0.3) is 0 Å². The van der Waals surface area contributed by atoms with E-state index in [-0.39, 0.29) is 17.9 Å². The second-order valence-electron chi connectivity index (χ2n) is 8.32. The minimum atomic E-state index is -0.865. The van der Waals surface area contributed by atoms with Gasteiger partial charge in [0.2, 0.25) is 0 Å². The predicted molar refractivity (Wildman–Crippen MR) is 90.1 cm³/mol. The Balaban J connectivity index is 1.83. The van der Waals surface area contributed by atoms with Crippen molar-refractivity contribution in [3.8, 4) is 0 Å². The second kappa shape index (κ2) is 5.90. The van der Waals surface area contributed by atoms with E-state index in [0.29, 0.717) is 11.6 Å². The van der Waals surface area contributed by atoms with Crippen LogP contribution < -0.4 is 5.32 Å². The van der Waals surface area contributed by atoms with Gasteiger partial charge in [-0.05, 0) is 52.5 Å². The van der Waals surface area contributed by atoms with Crippen molar-refractivity contribution in [3.63, 3.8) is 0 Å². The molecule has 2 aliphatic carbocycles.